The molecule has 3 rings (SSSR count). The second kappa shape index (κ2) is 8.57. The fourth-order valence-electron chi connectivity index (χ4n) is 2.96. The van der Waals surface area contributed by atoms with Gasteiger partial charge in [-0.15, -0.1) is 0 Å². The van der Waals surface area contributed by atoms with Gasteiger partial charge >= 0.3 is 5.97 Å². The monoisotopic (exact) mass is 497 g/mol. The van der Waals surface area contributed by atoms with Gasteiger partial charge in [0.05, 0.1) is 16.3 Å². The van der Waals surface area contributed by atoms with E-state index in [-0.39, 0.29) is 33.0 Å². The third kappa shape index (κ3) is 4.11. The largest absolute Gasteiger partial charge is 0.487 e. The standard InChI is InChI=1S/C21H15BrClF2NO4/c1-10-7-17(30-9-12-3-4-13(24)8-15(12)25)18(22)20(27)26(10)16-6-5-14(21(28)29)11(2)19(16)23/h3-8H,9H2,1-2H3,(H,28,29). The van der Waals surface area contributed by atoms with E-state index >= 15 is 0 Å². The van der Waals surface area contributed by atoms with Gasteiger partial charge in [-0.2, -0.15) is 0 Å². The van der Waals surface area contributed by atoms with Crippen molar-refractivity contribution in [2.24, 2.45) is 0 Å². The molecule has 0 amide bonds. The van der Waals surface area contributed by atoms with Gasteiger partial charge in [-0.3, -0.25) is 9.36 Å². The van der Waals surface area contributed by atoms with E-state index in [0.717, 1.165) is 12.1 Å². The van der Waals surface area contributed by atoms with Crippen LogP contribution < -0.4 is 10.3 Å². The van der Waals surface area contributed by atoms with Crippen molar-refractivity contribution < 1.29 is 23.4 Å². The number of aromatic nitrogens is 1. The van der Waals surface area contributed by atoms with Crippen LogP contribution in [0.4, 0.5) is 8.78 Å². The predicted molar refractivity (Wildman–Crippen MR) is 112 cm³/mol. The van der Waals surface area contributed by atoms with Crippen molar-refractivity contribution in [1.29, 1.82) is 0 Å². The molecule has 0 saturated heterocycles. The van der Waals surface area contributed by atoms with Crippen LogP contribution in [-0.4, -0.2) is 15.6 Å². The number of rotatable bonds is 5. The van der Waals surface area contributed by atoms with E-state index in [2.05, 4.69) is 15.9 Å². The zero-order chi connectivity index (χ0) is 22.2. The number of carboxylic acid groups (broad SMARTS) is 1. The van der Waals surface area contributed by atoms with Crippen LogP contribution in [0.15, 0.2) is 45.7 Å². The van der Waals surface area contributed by atoms with Gasteiger partial charge in [-0.05, 0) is 59.6 Å². The van der Waals surface area contributed by atoms with E-state index in [1.807, 2.05) is 0 Å². The number of pyridine rings is 1. The molecule has 1 aromatic heterocycles. The molecule has 0 aliphatic rings. The second-order valence-electron chi connectivity index (χ2n) is 6.51. The highest BCUT2D eigenvalue weighted by molar-refractivity contribution is 9.10. The van der Waals surface area contributed by atoms with Crippen LogP contribution in [-0.2, 0) is 6.61 Å². The number of carboxylic acids is 1. The first-order valence-corrected chi connectivity index (χ1v) is 9.80. The molecule has 9 heteroatoms. The molecule has 0 bridgehead atoms. The molecule has 0 atom stereocenters. The molecule has 1 heterocycles. The molecule has 0 spiro atoms. The number of ether oxygens (including phenoxy) is 1. The highest BCUT2D eigenvalue weighted by Crippen LogP contribution is 2.30. The van der Waals surface area contributed by atoms with Crippen LogP contribution in [0.3, 0.4) is 0 Å². The minimum absolute atomic E-state index is 0.0368. The molecule has 0 radical (unpaired) electrons. The summed E-state index contributed by atoms with van der Waals surface area (Å²) in [6, 6.07) is 7.52. The fourth-order valence-corrected chi connectivity index (χ4v) is 3.61. The van der Waals surface area contributed by atoms with Gasteiger partial charge in [0.2, 0.25) is 0 Å². The smallest absolute Gasteiger partial charge is 0.336 e. The summed E-state index contributed by atoms with van der Waals surface area (Å²) >= 11 is 9.54. The summed E-state index contributed by atoms with van der Waals surface area (Å²) in [5.74, 6) is -2.40. The first-order valence-electron chi connectivity index (χ1n) is 8.63. The molecule has 0 unspecified atom stereocenters. The van der Waals surface area contributed by atoms with Gasteiger partial charge in [0.15, 0.2) is 0 Å². The Morgan fingerprint density at radius 3 is 2.53 bits per heavy atom. The lowest BCUT2D eigenvalue weighted by molar-refractivity contribution is 0.0696. The lowest BCUT2D eigenvalue weighted by Crippen LogP contribution is -2.23. The first kappa shape index (κ1) is 22.0. The summed E-state index contributed by atoms with van der Waals surface area (Å²) in [7, 11) is 0. The van der Waals surface area contributed by atoms with Crippen LogP contribution in [0.2, 0.25) is 5.02 Å². The van der Waals surface area contributed by atoms with E-state index < -0.39 is 23.2 Å². The third-order valence-electron chi connectivity index (χ3n) is 4.54. The second-order valence-corrected chi connectivity index (χ2v) is 7.68. The number of benzene rings is 2. The summed E-state index contributed by atoms with van der Waals surface area (Å²) in [5.41, 5.74) is 0.786. The molecule has 0 aliphatic carbocycles. The maximum absolute atomic E-state index is 13.8. The van der Waals surface area contributed by atoms with E-state index in [0.29, 0.717) is 16.9 Å². The van der Waals surface area contributed by atoms with Crippen molar-refractivity contribution in [1.82, 2.24) is 4.57 Å². The number of hydrogen-bond donors (Lipinski definition) is 1. The number of aryl methyl sites for hydroxylation is 1. The van der Waals surface area contributed by atoms with E-state index in [4.69, 9.17) is 16.3 Å². The number of carbonyl (C=O) groups is 1. The SMILES string of the molecule is Cc1c(C(=O)O)ccc(-n2c(C)cc(OCc3ccc(F)cc3F)c(Br)c2=O)c1Cl. The maximum atomic E-state index is 13.8. The Kier molecular flexibility index (Phi) is 6.28. The Morgan fingerprint density at radius 2 is 1.90 bits per heavy atom. The summed E-state index contributed by atoms with van der Waals surface area (Å²) < 4.78 is 33.8. The molecule has 0 fully saturated rings. The zero-order valence-corrected chi connectivity index (χ0v) is 18.1. The van der Waals surface area contributed by atoms with Gasteiger partial charge in [0, 0.05) is 23.4 Å². The van der Waals surface area contributed by atoms with Crippen molar-refractivity contribution in [3.05, 3.63) is 90.3 Å². The average molecular weight is 499 g/mol. The summed E-state index contributed by atoms with van der Waals surface area (Å²) in [4.78, 5) is 24.2. The number of halogens is 4. The summed E-state index contributed by atoms with van der Waals surface area (Å²) in [6.07, 6.45) is 0. The van der Waals surface area contributed by atoms with Crippen LogP contribution in [0.5, 0.6) is 5.75 Å². The molecule has 2 aromatic carbocycles. The molecule has 0 aliphatic heterocycles. The van der Waals surface area contributed by atoms with E-state index in [9.17, 15) is 23.5 Å². The molecular formula is C21H15BrClF2NO4. The molecule has 3 aromatic rings. The highest BCUT2D eigenvalue weighted by atomic mass is 79.9. The van der Waals surface area contributed by atoms with E-state index in [1.165, 1.54) is 22.8 Å². The van der Waals surface area contributed by atoms with Crippen LogP contribution >= 0.6 is 27.5 Å². The van der Waals surface area contributed by atoms with E-state index in [1.54, 1.807) is 19.9 Å². The molecule has 30 heavy (non-hydrogen) atoms. The first-order chi connectivity index (χ1) is 14.1. The number of aromatic carboxylic acids is 1. The van der Waals surface area contributed by atoms with Gasteiger partial charge in [-0.25, -0.2) is 13.6 Å². The van der Waals surface area contributed by atoms with Crippen LogP contribution in [0.25, 0.3) is 5.69 Å². The summed E-state index contributed by atoms with van der Waals surface area (Å²) in [5, 5.41) is 9.36. The Labute approximate surface area is 183 Å². The topological polar surface area (TPSA) is 68.5 Å². The Balaban J connectivity index is 2.01. The zero-order valence-electron chi connectivity index (χ0n) is 15.8. The lowest BCUT2D eigenvalue weighted by atomic mass is 10.1. The normalized spacial score (nSPS) is 10.9. The highest BCUT2D eigenvalue weighted by Gasteiger charge is 2.19. The number of hydrogen-bond acceptors (Lipinski definition) is 3. The fraction of sp³-hybridized carbons (Fsp3) is 0.143. The molecule has 0 saturated carbocycles. The summed E-state index contributed by atoms with van der Waals surface area (Å²) in [6.45, 7) is 3.00. The Hall–Kier alpha value is -2.71. The number of nitrogens with zero attached hydrogens (tertiary/aromatic N) is 1. The molecule has 5 nitrogen and oxygen atoms in total. The molecule has 156 valence electrons. The van der Waals surface area contributed by atoms with Gasteiger partial charge in [0.1, 0.15) is 28.5 Å². The minimum atomic E-state index is -1.12. The predicted octanol–water partition coefficient (Wildman–Crippen LogP) is 5.43. The quantitative estimate of drug-likeness (QED) is 0.510. The van der Waals surface area contributed by atoms with Crippen molar-refractivity contribution in [2.75, 3.05) is 0 Å². The van der Waals surface area contributed by atoms with Crippen LogP contribution in [0, 0.1) is 25.5 Å². The van der Waals surface area contributed by atoms with Gasteiger partial charge < -0.3 is 9.84 Å². The van der Waals surface area contributed by atoms with Gasteiger partial charge in [-0.1, -0.05) is 11.6 Å². The minimum Gasteiger partial charge on any atom is -0.487 e. The Bertz CT molecular complexity index is 1230. The maximum Gasteiger partial charge on any atom is 0.336 e. The third-order valence-corrected chi connectivity index (χ3v) is 5.74. The van der Waals surface area contributed by atoms with Crippen molar-refractivity contribution in [2.45, 2.75) is 20.5 Å². The Morgan fingerprint density at radius 1 is 1.20 bits per heavy atom. The molecule has 1 N–H and O–H groups in total. The van der Waals surface area contributed by atoms with Gasteiger partial charge in [0.25, 0.3) is 5.56 Å². The average Bonchev–Trinajstić information content (AvgIpc) is 2.67. The lowest BCUT2D eigenvalue weighted by Gasteiger charge is -2.17. The van der Waals surface area contributed by atoms with Crippen LogP contribution in [0.1, 0.15) is 27.2 Å². The molecular weight excluding hydrogens is 484 g/mol. The van der Waals surface area contributed by atoms with Crippen molar-refractivity contribution in [3.63, 3.8) is 0 Å². The van der Waals surface area contributed by atoms with Crippen molar-refractivity contribution >= 4 is 33.5 Å². The van der Waals surface area contributed by atoms with Crippen molar-refractivity contribution in [3.8, 4) is 11.4 Å².